The zero-order chi connectivity index (χ0) is 22.8. The summed E-state index contributed by atoms with van der Waals surface area (Å²) >= 11 is 3.61. The molecule has 0 amide bonds. The lowest BCUT2D eigenvalue weighted by atomic mass is 9.71. The quantitative estimate of drug-likeness (QED) is 0.526. The number of rotatable bonds is 7. The van der Waals surface area contributed by atoms with Crippen LogP contribution in [0.3, 0.4) is 0 Å². The normalized spacial score (nSPS) is 19.3. The van der Waals surface area contributed by atoms with Crippen molar-refractivity contribution in [1.82, 2.24) is 4.90 Å². The van der Waals surface area contributed by atoms with Crippen LogP contribution in [-0.4, -0.2) is 50.4 Å². The number of nitrogens with zero attached hydrogens (tertiary/aromatic N) is 1. The summed E-state index contributed by atoms with van der Waals surface area (Å²) in [6, 6.07) is 3.90. The maximum Gasteiger partial charge on any atom is 0.174 e. The van der Waals surface area contributed by atoms with Gasteiger partial charge in [-0.05, 0) is 66.2 Å². The predicted octanol–water partition coefficient (Wildman–Crippen LogP) is 4.92. The number of benzene rings is 1. The summed E-state index contributed by atoms with van der Waals surface area (Å²) in [5.41, 5.74) is 4.53. The van der Waals surface area contributed by atoms with Gasteiger partial charge < -0.3 is 19.1 Å². The van der Waals surface area contributed by atoms with Gasteiger partial charge in [-0.25, -0.2) is 0 Å². The van der Waals surface area contributed by atoms with E-state index in [9.17, 15) is 9.59 Å². The monoisotopic (exact) mass is 503 g/mol. The summed E-state index contributed by atoms with van der Waals surface area (Å²) in [7, 11) is 3.28. The zero-order valence-electron chi connectivity index (χ0n) is 19.0. The van der Waals surface area contributed by atoms with Crippen LogP contribution < -0.4 is 9.47 Å². The van der Waals surface area contributed by atoms with E-state index < -0.39 is 0 Å². The standard InChI is InChI=1S/C25H30BrNO5/c1-4-32-21-14-15(13-16(26)25(21)31-3)22-23-17(7-5-9-19(23)28)27(11-12-30-2)18-8-6-10-20(29)24(18)22/h13-14,22H,4-12H2,1-3H3. The van der Waals surface area contributed by atoms with Gasteiger partial charge in [0.2, 0.25) is 0 Å². The Morgan fingerprint density at radius 2 is 1.62 bits per heavy atom. The highest BCUT2D eigenvalue weighted by Gasteiger charge is 2.43. The van der Waals surface area contributed by atoms with Crippen molar-refractivity contribution in [3.05, 3.63) is 44.7 Å². The summed E-state index contributed by atoms with van der Waals surface area (Å²) in [5.74, 6) is 1.11. The molecule has 0 radical (unpaired) electrons. The molecule has 172 valence electrons. The number of carbonyl (C=O) groups is 2. The van der Waals surface area contributed by atoms with Crippen molar-refractivity contribution in [3.63, 3.8) is 0 Å². The number of hydrogen-bond acceptors (Lipinski definition) is 6. The van der Waals surface area contributed by atoms with Crippen LogP contribution in [-0.2, 0) is 14.3 Å². The van der Waals surface area contributed by atoms with E-state index in [0.717, 1.165) is 58.3 Å². The Bertz CT molecular complexity index is 952. The second kappa shape index (κ2) is 9.79. The fourth-order valence-electron chi connectivity index (χ4n) is 5.22. The largest absolute Gasteiger partial charge is 0.492 e. The SMILES string of the molecule is CCOc1cc(C2C3=C(CCCC3=O)N(CCOC)C3=C2C(=O)CCC3)cc(Br)c1OC. The minimum atomic E-state index is -0.374. The van der Waals surface area contributed by atoms with Gasteiger partial charge in [0, 0.05) is 55.0 Å². The number of hydrogen-bond donors (Lipinski definition) is 0. The first-order chi connectivity index (χ1) is 15.5. The smallest absolute Gasteiger partial charge is 0.174 e. The van der Waals surface area contributed by atoms with Gasteiger partial charge in [-0.2, -0.15) is 0 Å². The Labute approximate surface area is 197 Å². The van der Waals surface area contributed by atoms with Gasteiger partial charge in [0.1, 0.15) is 0 Å². The van der Waals surface area contributed by atoms with Gasteiger partial charge in [0.25, 0.3) is 0 Å². The van der Waals surface area contributed by atoms with Crippen LogP contribution in [0.15, 0.2) is 39.1 Å². The summed E-state index contributed by atoms with van der Waals surface area (Å²) in [5, 5.41) is 0. The highest BCUT2D eigenvalue weighted by atomic mass is 79.9. The number of Topliss-reactive ketones (excluding diaryl/α,β-unsaturated/α-hetero) is 2. The molecule has 4 rings (SSSR count). The summed E-state index contributed by atoms with van der Waals surface area (Å²) in [6.07, 6.45) is 4.37. The lowest BCUT2D eigenvalue weighted by Gasteiger charge is -2.44. The number of halogens is 1. The van der Waals surface area contributed by atoms with Crippen molar-refractivity contribution in [1.29, 1.82) is 0 Å². The van der Waals surface area contributed by atoms with E-state index in [1.54, 1.807) is 14.2 Å². The van der Waals surface area contributed by atoms with Gasteiger partial charge in [-0.1, -0.05) is 0 Å². The molecule has 0 unspecified atom stereocenters. The lowest BCUT2D eigenvalue weighted by molar-refractivity contribution is -0.117. The van der Waals surface area contributed by atoms with E-state index in [2.05, 4.69) is 20.8 Å². The first-order valence-corrected chi connectivity index (χ1v) is 12.1. The molecule has 1 heterocycles. The Kier molecular flexibility index (Phi) is 7.05. The fraction of sp³-hybridized carbons (Fsp3) is 0.520. The number of ketones is 2. The molecule has 0 saturated heterocycles. The van der Waals surface area contributed by atoms with E-state index in [1.807, 2.05) is 19.1 Å². The maximum absolute atomic E-state index is 13.3. The van der Waals surface area contributed by atoms with Crippen LogP contribution in [0.25, 0.3) is 0 Å². The van der Waals surface area contributed by atoms with Crippen LogP contribution in [0.5, 0.6) is 11.5 Å². The van der Waals surface area contributed by atoms with Crippen molar-refractivity contribution in [3.8, 4) is 11.5 Å². The molecule has 1 aromatic rings. The average molecular weight is 504 g/mol. The summed E-state index contributed by atoms with van der Waals surface area (Å²) < 4.78 is 17.5. The molecule has 3 aliphatic rings. The van der Waals surface area contributed by atoms with Crippen molar-refractivity contribution >= 4 is 27.5 Å². The molecule has 1 aliphatic heterocycles. The first-order valence-electron chi connectivity index (χ1n) is 11.3. The minimum absolute atomic E-state index is 0.133. The number of ether oxygens (including phenoxy) is 3. The molecular weight excluding hydrogens is 474 g/mol. The van der Waals surface area contributed by atoms with Crippen LogP contribution in [0.1, 0.15) is 56.9 Å². The second-order valence-corrected chi connectivity index (χ2v) is 9.17. The highest BCUT2D eigenvalue weighted by molar-refractivity contribution is 9.10. The zero-order valence-corrected chi connectivity index (χ0v) is 20.5. The van der Waals surface area contributed by atoms with Crippen LogP contribution in [0, 0.1) is 0 Å². The molecule has 0 aromatic heterocycles. The third-order valence-electron chi connectivity index (χ3n) is 6.47. The molecule has 0 N–H and O–H groups in total. The molecule has 6 nitrogen and oxygen atoms in total. The van der Waals surface area contributed by atoms with E-state index in [0.29, 0.717) is 44.1 Å². The maximum atomic E-state index is 13.3. The number of methoxy groups -OCH3 is 2. The van der Waals surface area contributed by atoms with Gasteiger partial charge in [0.05, 0.1) is 24.8 Å². The highest BCUT2D eigenvalue weighted by Crippen LogP contribution is 2.51. The Morgan fingerprint density at radius 1 is 1.00 bits per heavy atom. The van der Waals surface area contributed by atoms with Gasteiger partial charge in [-0.15, -0.1) is 0 Å². The molecule has 0 bridgehead atoms. The number of allylic oxidation sites excluding steroid dienone is 4. The predicted molar refractivity (Wildman–Crippen MR) is 125 cm³/mol. The topological polar surface area (TPSA) is 65.1 Å². The van der Waals surface area contributed by atoms with Gasteiger partial charge in [0.15, 0.2) is 23.1 Å². The molecule has 0 spiro atoms. The molecular formula is C25H30BrNO5. The molecule has 0 fully saturated rings. The Hall–Kier alpha value is -2.12. The fourth-order valence-corrected chi connectivity index (χ4v) is 5.84. The van der Waals surface area contributed by atoms with Gasteiger partial charge >= 0.3 is 0 Å². The Balaban J connectivity index is 1.94. The van der Waals surface area contributed by atoms with E-state index in [4.69, 9.17) is 14.2 Å². The van der Waals surface area contributed by atoms with E-state index >= 15 is 0 Å². The third kappa shape index (κ3) is 4.01. The molecule has 32 heavy (non-hydrogen) atoms. The first kappa shape index (κ1) is 23.1. The lowest BCUT2D eigenvalue weighted by Crippen LogP contribution is -2.40. The van der Waals surface area contributed by atoms with Crippen molar-refractivity contribution < 1.29 is 23.8 Å². The molecule has 2 aliphatic carbocycles. The third-order valence-corrected chi connectivity index (χ3v) is 7.06. The van der Waals surface area contributed by atoms with Crippen LogP contribution in [0.2, 0.25) is 0 Å². The Morgan fingerprint density at radius 3 is 2.16 bits per heavy atom. The van der Waals surface area contributed by atoms with Crippen molar-refractivity contribution in [2.45, 2.75) is 51.4 Å². The summed E-state index contributed by atoms with van der Waals surface area (Å²) in [4.78, 5) is 28.8. The minimum Gasteiger partial charge on any atom is -0.492 e. The van der Waals surface area contributed by atoms with Crippen molar-refractivity contribution in [2.75, 3.05) is 34.0 Å². The number of carbonyl (C=O) groups excluding carboxylic acids is 2. The van der Waals surface area contributed by atoms with Gasteiger partial charge in [-0.3, -0.25) is 9.59 Å². The van der Waals surface area contributed by atoms with E-state index in [1.165, 1.54) is 0 Å². The molecule has 7 heteroatoms. The van der Waals surface area contributed by atoms with Crippen molar-refractivity contribution in [2.24, 2.45) is 0 Å². The second-order valence-electron chi connectivity index (χ2n) is 8.32. The van der Waals surface area contributed by atoms with Crippen LogP contribution in [0.4, 0.5) is 0 Å². The average Bonchev–Trinajstić information content (AvgIpc) is 2.77. The molecule has 0 saturated carbocycles. The molecule has 1 aromatic carbocycles. The van der Waals surface area contributed by atoms with Crippen LogP contribution >= 0.6 is 15.9 Å². The van der Waals surface area contributed by atoms with E-state index in [-0.39, 0.29) is 17.5 Å². The summed E-state index contributed by atoms with van der Waals surface area (Å²) in [6.45, 7) is 3.60. The molecule has 0 atom stereocenters.